The van der Waals surface area contributed by atoms with Gasteiger partial charge in [0.2, 0.25) is 0 Å². The minimum Gasteiger partial charge on any atom is -0.481 e. The lowest BCUT2D eigenvalue weighted by molar-refractivity contribution is -0.141. The standard InChI is InChI=1S/C11H19NO3/c1-2-3-4-10(13)12-9-6-5-8(7-9)11(14)15/h2,8-10,12-13H,1,3-7H2,(H,14,15). The highest BCUT2D eigenvalue weighted by Gasteiger charge is 2.30. The van der Waals surface area contributed by atoms with Gasteiger partial charge in [0.25, 0.3) is 0 Å². The summed E-state index contributed by atoms with van der Waals surface area (Å²) in [5, 5.41) is 21.4. The quantitative estimate of drug-likeness (QED) is 0.456. The maximum atomic E-state index is 10.7. The summed E-state index contributed by atoms with van der Waals surface area (Å²) in [7, 11) is 0. The van der Waals surface area contributed by atoms with Gasteiger partial charge in [-0.15, -0.1) is 6.58 Å². The first-order valence-corrected chi connectivity index (χ1v) is 5.41. The summed E-state index contributed by atoms with van der Waals surface area (Å²) in [6.07, 6.45) is 4.80. The van der Waals surface area contributed by atoms with Gasteiger partial charge in [-0.3, -0.25) is 10.1 Å². The Kier molecular flexibility index (Phi) is 4.78. The average molecular weight is 213 g/mol. The molecule has 3 atom stereocenters. The molecule has 1 aliphatic carbocycles. The fourth-order valence-corrected chi connectivity index (χ4v) is 1.99. The van der Waals surface area contributed by atoms with Crippen LogP contribution in [-0.2, 0) is 4.79 Å². The van der Waals surface area contributed by atoms with Crippen LogP contribution in [0.15, 0.2) is 12.7 Å². The van der Waals surface area contributed by atoms with E-state index < -0.39 is 12.2 Å². The first-order chi connectivity index (χ1) is 7.13. The minimum absolute atomic E-state index is 0.144. The topological polar surface area (TPSA) is 69.6 Å². The molecular weight excluding hydrogens is 194 g/mol. The van der Waals surface area contributed by atoms with Crippen LogP contribution in [0, 0.1) is 5.92 Å². The van der Waals surface area contributed by atoms with E-state index in [0.29, 0.717) is 19.3 Å². The third kappa shape index (κ3) is 4.01. The molecule has 1 saturated carbocycles. The molecule has 0 heterocycles. The summed E-state index contributed by atoms with van der Waals surface area (Å²) in [5.41, 5.74) is 0. The zero-order chi connectivity index (χ0) is 11.3. The highest BCUT2D eigenvalue weighted by Crippen LogP contribution is 2.25. The molecule has 0 radical (unpaired) electrons. The fraction of sp³-hybridized carbons (Fsp3) is 0.727. The van der Waals surface area contributed by atoms with Gasteiger partial charge in [0.1, 0.15) is 6.23 Å². The van der Waals surface area contributed by atoms with Crippen LogP contribution >= 0.6 is 0 Å². The summed E-state index contributed by atoms with van der Waals surface area (Å²) < 4.78 is 0. The monoisotopic (exact) mass is 213 g/mol. The summed E-state index contributed by atoms with van der Waals surface area (Å²) in [4.78, 5) is 10.7. The Hall–Kier alpha value is -0.870. The first-order valence-electron chi connectivity index (χ1n) is 5.41. The number of allylic oxidation sites excluding steroid dienone is 1. The van der Waals surface area contributed by atoms with Gasteiger partial charge in [0, 0.05) is 6.04 Å². The van der Waals surface area contributed by atoms with E-state index in [1.165, 1.54) is 0 Å². The molecule has 4 nitrogen and oxygen atoms in total. The fourth-order valence-electron chi connectivity index (χ4n) is 1.99. The highest BCUT2D eigenvalue weighted by atomic mass is 16.4. The maximum absolute atomic E-state index is 10.7. The molecule has 0 aliphatic heterocycles. The van der Waals surface area contributed by atoms with Crippen molar-refractivity contribution in [3.63, 3.8) is 0 Å². The van der Waals surface area contributed by atoms with Gasteiger partial charge < -0.3 is 10.2 Å². The smallest absolute Gasteiger partial charge is 0.306 e. The molecule has 0 aromatic heterocycles. The molecular formula is C11H19NO3. The molecule has 3 N–H and O–H groups in total. The number of hydrogen-bond donors (Lipinski definition) is 3. The molecule has 15 heavy (non-hydrogen) atoms. The molecule has 1 rings (SSSR count). The van der Waals surface area contributed by atoms with Crippen molar-refractivity contribution in [2.24, 2.45) is 5.92 Å². The normalized spacial score (nSPS) is 27.5. The van der Waals surface area contributed by atoms with Crippen LogP contribution < -0.4 is 5.32 Å². The van der Waals surface area contributed by atoms with E-state index in [0.717, 1.165) is 12.8 Å². The van der Waals surface area contributed by atoms with Crippen LogP contribution in [0.3, 0.4) is 0 Å². The molecule has 0 aromatic carbocycles. The molecule has 0 saturated heterocycles. The number of aliphatic hydroxyl groups is 1. The van der Waals surface area contributed by atoms with Crippen LogP contribution in [0.5, 0.6) is 0 Å². The third-order valence-electron chi connectivity index (χ3n) is 2.85. The summed E-state index contributed by atoms with van der Waals surface area (Å²) in [5.74, 6) is -0.964. The number of nitrogens with one attached hydrogen (secondary N) is 1. The Morgan fingerprint density at radius 1 is 1.60 bits per heavy atom. The van der Waals surface area contributed by atoms with Gasteiger partial charge in [-0.05, 0) is 32.1 Å². The van der Waals surface area contributed by atoms with Crippen molar-refractivity contribution in [2.45, 2.75) is 44.4 Å². The lowest BCUT2D eigenvalue weighted by atomic mass is 10.1. The van der Waals surface area contributed by atoms with E-state index in [2.05, 4.69) is 11.9 Å². The number of carbonyl (C=O) groups is 1. The Balaban J connectivity index is 2.23. The lowest BCUT2D eigenvalue weighted by Crippen LogP contribution is -2.36. The van der Waals surface area contributed by atoms with Gasteiger partial charge in [-0.2, -0.15) is 0 Å². The van der Waals surface area contributed by atoms with Crippen LogP contribution in [0.4, 0.5) is 0 Å². The van der Waals surface area contributed by atoms with Gasteiger partial charge in [-0.25, -0.2) is 0 Å². The summed E-state index contributed by atoms with van der Waals surface area (Å²) in [6.45, 7) is 3.58. The van der Waals surface area contributed by atoms with Crippen LogP contribution in [0.25, 0.3) is 0 Å². The van der Waals surface area contributed by atoms with Gasteiger partial charge >= 0.3 is 5.97 Å². The van der Waals surface area contributed by atoms with E-state index in [1.807, 2.05) is 0 Å². The Labute approximate surface area is 90.0 Å². The highest BCUT2D eigenvalue weighted by molar-refractivity contribution is 5.70. The van der Waals surface area contributed by atoms with Crippen molar-refractivity contribution in [3.8, 4) is 0 Å². The number of aliphatic hydroxyl groups excluding tert-OH is 1. The molecule has 3 unspecified atom stereocenters. The zero-order valence-electron chi connectivity index (χ0n) is 8.85. The predicted molar refractivity (Wildman–Crippen MR) is 57.3 cm³/mol. The second kappa shape index (κ2) is 5.88. The van der Waals surface area contributed by atoms with Crippen LogP contribution in [-0.4, -0.2) is 28.5 Å². The molecule has 0 aromatic rings. The molecule has 1 aliphatic rings. The van der Waals surface area contributed by atoms with Gasteiger partial charge in [0.15, 0.2) is 0 Å². The maximum Gasteiger partial charge on any atom is 0.306 e. The first kappa shape index (κ1) is 12.2. The van der Waals surface area contributed by atoms with E-state index >= 15 is 0 Å². The van der Waals surface area contributed by atoms with E-state index in [1.54, 1.807) is 6.08 Å². The number of rotatable bonds is 6. The number of hydrogen-bond acceptors (Lipinski definition) is 3. The summed E-state index contributed by atoms with van der Waals surface area (Å²) >= 11 is 0. The van der Waals surface area contributed by atoms with E-state index in [9.17, 15) is 9.90 Å². The molecule has 0 spiro atoms. The van der Waals surface area contributed by atoms with Crippen molar-refractivity contribution in [2.75, 3.05) is 0 Å². The number of carboxylic acids is 1. The molecule has 4 heteroatoms. The Morgan fingerprint density at radius 3 is 2.87 bits per heavy atom. The minimum atomic E-state index is -0.722. The van der Waals surface area contributed by atoms with Crippen LogP contribution in [0.2, 0.25) is 0 Å². The lowest BCUT2D eigenvalue weighted by Gasteiger charge is -2.17. The predicted octanol–water partition coefficient (Wildman–Crippen LogP) is 1.11. The zero-order valence-corrected chi connectivity index (χ0v) is 8.85. The SMILES string of the molecule is C=CCCC(O)NC1CCC(C(=O)O)C1. The van der Waals surface area contributed by atoms with Gasteiger partial charge in [-0.1, -0.05) is 6.08 Å². The Morgan fingerprint density at radius 2 is 2.33 bits per heavy atom. The average Bonchev–Trinajstić information content (AvgIpc) is 2.63. The molecule has 0 bridgehead atoms. The Bertz CT molecular complexity index is 230. The molecule has 0 amide bonds. The summed E-state index contributed by atoms with van der Waals surface area (Å²) in [6, 6.07) is 0.144. The van der Waals surface area contributed by atoms with E-state index in [-0.39, 0.29) is 12.0 Å². The van der Waals surface area contributed by atoms with Crippen molar-refractivity contribution in [1.82, 2.24) is 5.32 Å². The third-order valence-corrected chi connectivity index (χ3v) is 2.85. The van der Waals surface area contributed by atoms with Crippen molar-refractivity contribution in [1.29, 1.82) is 0 Å². The molecule has 1 fully saturated rings. The van der Waals surface area contributed by atoms with Crippen molar-refractivity contribution >= 4 is 5.97 Å². The largest absolute Gasteiger partial charge is 0.481 e. The molecule has 86 valence electrons. The second-order valence-corrected chi connectivity index (χ2v) is 4.09. The number of carboxylic acid groups (broad SMARTS) is 1. The van der Waals surface area contributed by atoms with Crippen LogP contribution in [0.1, 0.15) is 32.1 Å². The van der Waals surface area contributed by atoms with Crippen molar-refractivity contribution in [3.05, 3.63) is 12.7 Å². The number of aliphatic carboxylic acids is 1. The van der Waals surface area contributed by atoms with Crippen molar-refractivity contribution < 1.29 is 15.0 Å². The second-order valence-electron chi connectivity index (χ2n) is 4.09. The van der Waals surface area contributed by atoms with Gasteiger partial charge in [0.05, 0.1) is 5.92 Å². The van der Waals surface area contributed by atoms with E-state index in [4.69, 9.17) is 5.11 Å².